The molecule has 0 saturated heterocycles. The molecule has 1 rings (SSSR count). The van der Waals surface area contributed by atoms with Gasteiger partial charge in [0.05, 0.1) is 0 Å². The van der Waals surface area contributed by atoms with E-state index in [2.05, 4.69) is 19.4 Å². The van der Waals surface area contributed by atoms with Crippen LogP contribution in [0.3, 0.4) is 0 Å². The molecule has 49 valence electrons. The summed E-state index contributed by atoms with van der Waals surface area (Å²) < 4.78 is 0. The number of hydrogen-bond acceptors (Lipinski definition) is 1. The predicted octanol–water partition coefficient (Wildman–Crippen LogP) is 1.77. The van der Waals surface area contributed by atoms with Crippen LogP contribution in [-0.4, -0.2) is 0 Å². The van der Waals surface area contributed by atoms with Crippen molar-refractivity contribution in [2.75, 3.05) is 0 Å². The minimum atomic E-state index is 0.930. The zero-order valence-corrected chi connectivity index (χ0v) is 5.72. The highest BCUT2D eigenvalue weighted by Gasteiger charge is 2.00. The van der Waals surface area contributed by atoms with E-state index in [1.807, 2.05) is 6.08 Å². The monoisotopic (exact) mass is 122 g/mol. The maximum Gasteiger partial charge on any atom is 0.00866 e. The lowest BCUT2D eigenvalue weighted by Gasteiger charge is -2.08. The van der Waals surface area contributed by atoms with Crippen molar-refractivity contribution >= 4 is 0 Å². The largest absolute Gasteiger partial charge is 0.402 e. The Morgan fingerprint density at radius 1 is 1.56 bits per heavy atom. The molecule has 2 N–H and O–H groups in total. The fourth-order valence-electron chi connectivity index (χ4n) is 0.861. The van der Waals surface area contributed by atoms with E-state index >= 15 is 0 Å². The summed E-state index contributed by atoms with van der Waals surface area (Å²) >= 11 is 0. The third-order valence-electron chi connectivity index (χ3n) is 1.52. The number of allylic oxidation sites excluding steroid dienone is 4. The molecule has 1 nitrogen and oxygen atoms in total. The molecular formula is C8H12N. The molecule has 0 aromatic carbocycles. The van der Waals surface area contributed by atoms with Crippen LogP contribution in [0.5, 0.6) is 0 Å². The van der Waals surface area contributed by atoms with Gasteiger partial charge in [-0.3, -0.25) is 0 Å². The zero-order valence-electron chi connectivity index (χ0n) is 5.72. The Morgan fingerprint density at radius 3 is 2.78 bits per heavy atom. The Bertz CT molecular complexity index is 154. The van der Waals surface area contributed by atoms with E-state index in [9.17, 15) is 0 Å². The highest BCUT2D eigenvalue weighted by molar-refractivity contribution is 5.29. The first-order valence-corrected chi connectivity index (χ1v) is 3.31. The molecule has 0 fully saturated rings. The van der Waals surface area contributed by atoms with E-state index in [-0.39, 0.29) is 0 Å². The lowest BCUT2D eigenvalue weighted by Crippen LogP contribution is -2.01. The normalized spacial score (nSPS) is 18.8. The van der Waals surface area contributed by atoms with Crippen molar-refractivity contribution in [2.45, 2.75) is 19.8 Å². The molecule has 9 heavy (non-hydrogen) atoms. The van der Waals surface area contributed by atoms with Gasteiger partial charge in [0.15, 0.2) is 0 Å². The van der Waals surface area contributed by atoms with E-state index < -0.39 is 0 Å². The lowest BCUT2D eigenvalue weighted by atomic mass is 10.0. The van der Waals surface area contributed by atoms with Gasteiger partial charge in [-0.15, -0.1) is 0 Å². The van der Waals surface area contributed by atoms with Gasteiger partial charge in [0.2, 0.25) is 0 Å². The Labute approximate surface area is 56.2 Å². The van der Waals surface area contributed by atoms with Gasteiger partial charge in [-0.05, 0) is 25.3 Å². The average molecular weight is 122 g/mol. The molecule has 0 unspecified atom stereocenters. The molecule has 0 spiro atoms. The molecule has 0 heterocycles. The maximum atomic E-state index is 5.54. The summed E-state index contributed by atoms with van der Waals surface area (Å²) in [6.07, 6.45) is 8.29. The van der Waals surface area contributed by atoms with Gasteiger partial charge in [-0.25, -0.2) is 0 Å². The lowest BCUT2D eigenvalue weighted by molar-refractivity contribution is 0.995. The second-order valence-electron chi connectivity index (χ2n) is 2.24. The summed E-state index contributed by atoms with van der Waals surface area (Å²) in [6.45, 7) is 2.15. The molecular weight excluding hydrogens is 110 g/mol. The fraction of sp³-hybridized carbons (Fsp3) is 0.375. The Morgan fingerprint density at radius 2 is 2.33 bits per heavy atom. The van der Waals surface area contributed by atoms with Gasteiger partial charge in [-0.1, -0.05) is 18.6 Å². The smallest absolute Gasteiger partial charge is 0.00866 e. The molecule has 0 atom stereocenters. The van der Waals surface area contributed by atoms with Gasteiger partial charge in [0.25, 0.3) is 0 Å². The van der Waals surface area contributed by atoms with E-state index in [1.54, 1.807) is 0 Å². The fourth-order valence-corrected chi connectivity index (χ4v) is 0.861. The third-order valence-corrected chi connectivity index (χ3v) is 1.52. The van der Waals surface area contributed by atoms with Crippen LogP contribution in [0.25, 0.3) is 0 Å². The molecule has 0 aromatic rings. The first kappa shape index (κ1) is 6.40. The van der Waals surface area contributed by atoms with E-state index in [4.69, 9.17) is 5.73 Å². The number of rotatable bonds is 1. The second-order valence-corrected chi connectivity index (χ2v) is 2.24. The zero-order chi connectivity index (χ0) is 6.69. The van der Waals surface area contributed by atoms with Crippen LogP contribution in [0, 0.1) is 6.42 Å². The van der Waals surface area contributed by atoms with Gasteiger partial charge >= 0.3 is 0 Å². The Hall–Kier alpha value is -0.720. The van der Waals surface area contributed by atoms with Gasteiger partial charge in [0.1, 0.15) is 0 Å². The molecule has 0 saturated carbocycles. The van der Waals surface area contributed by atoms with Crippen molar-refractivity contribution in [3.05, 3.63) is 29.8 Å². The first-order valence-electron chi connectivity index (χ1n) is 3.31. The number of nitrogens with two attached hydrogens (primary N) is 1. The molecule has 0 aromatic heterocycles. The molecule has 0 amide bonds. The average Bonchev–Trinajstić information content (AvgIpc) is 1.90. The van der Waals surface area contributed by atoms with Crippen molar-refractivity contribution in [3.63, 3.8) is 0 Å². The van der Waals surface area contributed by atoms with Crippen LogP contribution < -0.4 is 5.73 Å². The highest BCUT2D eigenvalue weighted by atomic mass is 14.6. The van der Waals surface area contributed by atoms with Crippen LogP contribution in [0.2, 0.25) is 0 Å². The molecule has 1 aliphatic rings. The predicted molar refractivity (Wildman–Crippen MR) is 39.6 cm³/mol. The highest BCUT2D eigenvalue weighted by Crippen LogP contribution is 2.15. The van der Waals surface area contributed by atoms with Gasteiger partial charge in [0, 0.05) is 5.70 Å². The Balaban J connectivity index is 2.59. The van der Waals surface area contributed by atoms with Gasteiger partial charge < -0.3 is 5.73 Å². The van der Waals surface area contributed by atoms with Crippen LogP contribution in [0.15, 0.2) is 23.4 Å². The SMILES string of the molecule is CCC1=CC=C(N)C[CH]1. The second kappa shape index (κ2) is 2.72. The van der Waals surface area contributed by atoms with Crippen LogP contribution >= 0.6 is 0 Å². The van der Waals surface area contributed by atoms with Crippen molar-refractivity contribution in [1.82, 2.24) is 0 Å². The number of hydrogen-bond donors (Lipinski definition) is 1. The van der Waals surface area contributed by atoms with Gasteiger partial charge in [-0.2, -0.15) is 0 Å². The molecule has 0 aliphatic heterocycles. The Kier molecular flexibility index (Phi) is 1.93. The topological polar surface area (TPSA) is 26.0 Å². The summed E-state index contributed by atoms with van der Waals surface area (Å²) in [5, 5.41) is 0. The standard InChI is InChI=1S/C8H12N/c1-2-7-3-5-8(9)6-4-7/h3-5H,2,6,9H2,1H3. The van der Waals surface area contributed by atoms with E-state index in [1.165, 1.54) is 5.57 Å². The summed E-state index contributed by atoms with van der Waals surface area (Å²) in [7, 11) is 0. The molecule has 1 heteroatoms. The van der Waals surface area contributed by atoms with E-state index in [0.29, 0.717) is 0 Å². The van der Waals surface area contributed by atoms with Crippen LogP contribution in [0.4, 0.5) is 0 Å². The first-order chi connectivity index (χ1) is 4.33. The van der Waals surface area contributed by atoms with Crippen LogP contribution in [0.1, 0.15) is 19.8 Å². The third kappa shape index (κ3) is 1.60. The quantitative estimate of drug-likeness (QED) is 0.563. The maximum absolute atomic E-state index is 5.54. The summed E-state index contributed by atoms with van der Waals surface area (Å²) in [6, 6.07) is 0. The molecule has 0 bridgehead atoms. The summed E-state index contributed by atoms with van der Waals surface area (Å²) in [5.41, 5.74) is 7.89. The van der Waals surface area contributed by atoms with Crippen molar-refractivity contribution in [2.24, 2.45) is 5.73 Å². The summed E-state index contributed by atoms with van der Waals surface area (Å²) in [4.78, 5) is 0. The molecule has 1 aliphatic carbocycles. The minimum absolute atomic E-state index is 0.930. The van der Waals surface area contributed by atoms with Crippen molar-refractivity contribution in [3.8, 4) is 0 Å². The van der Waals surface area contributed by atoms with Crippen LogP contribution in [-0.2, 0) is 0 Å². The summed E-state index contributed by atoms with van der Waals surface area (Å²) in [5.74, 6) is 0. The van der Waals surface area contributed by atoms with E-state index in [0.717, 1.165) is 18.5 Å². The molecule has 1 radical (unpaired) electrons. The van der Waals surface area contributed by atoms with Crippen molar-refractivity contribution < 1.29 is 0 Å². The van der Waals surface area contributed by atoms with Crippen molar-refractivity contribution in [1.29, 1.82) is 0 Å². The minimum Gasteiger partial charge on any atom is -0.402 e.